The molecule has 0 aliphatic carbocycles. The lowest BCUT2D eigenvalue weighted by atomic mass is 9.97. The fourth-order valence-electron chi connectivity index (χ4n) is 2.75. The molecule has 1 fully saturated rings. The van der Waals surface area contributed by atoms with Crippen LogP contribution in [-0.2, 0) is 0 Å². The Labute approximate surface area is 107 Å². The molecule has 1 aliphatic heterocycles. The molecule has 1 heterocycles. The molecule has 1 saturated heterocycles. The Balaban J connectivity index is 2.32. The van der Waals surface area contributed by atoms with E-state index < -0.39 is 0 Å². The Morgan fingerprint density at radius 2 is 2.18 bits per heavy atom. The molecule has 17 heavy (non-hydrogen) atoms. The van der Waals surface area contributed by atoms with E-state index in [-0.39, 0.29) is 12.1 Å². The maximum Gasteiger partial charge on any atom is 0.0611 e. The Morgan fingerprint density at radius 3 is 2.65 bits per heavy atom. The molecule has 3 nitrogen and oxygen atoms in total. The van der Waals surface area contributed by atoms with Crippen molar-refractivity contribution in [1.29, 1.82) is 0 Å². The highest BCUT2D eigenvalue weighted by atomic mass is 16.3. The molecule has 1 rings (SSSR count). The van der Waals surface area contributed by atoms with Crippen molar-refractivity contribution in [2.24, 2.45) is 5.92 Å². The number of nitrogens with one attached hydrogen (secondary N) is 1. The van der Waals surface area contributed by atoms with Gasteiger partial charge in [0, 0.05) is 18.1 Å². The summed E-state index contributed by atoms with van der Waals surface area (Å²) in [6.07, 6.45) is 3.68. The van der Waals surface area contributed by atoms with Crippen molar-refractivity contribution in [3.63, 3.8) is 0 Å². The highest BCUT2D eigenvalue weighted by molar-refractivity contribution is 4.86. The van der Waals surface area contributed by atoms with E-state index in [1.54, 1.807) is 0 Å². The summed E-state index contributed by atoms with van der Waals surface area (Å²) in [4.78, 5) is 2.55. The minimum atomic E-state index is -0.127. The molecule has 0 radical (unpaired) electrons. The van der Waals surface area contributed by atoms with Crippen LogP contribution in [-0.4, -0.2) is 47.8 Å². The molecule has 2 atom stereocenters. The molecule has 0 bridgehead atoms. The third-order valence-corrected chi connectivity index (χ3v) is 3.91. The van der Waals surface area contributed by atoms with Crippen LogP contribution in [0, 0.1) is 5.92 Å². The molecule has 2 N–H and O–H groups in total. The molecule has 0 aromatic rings. The van der Waals surface area contributed by atoms with Crippen LogP contribution < -0.4 is 5.32 Å². The van der Waals surface area contributed by atoms with E-state index in [0.29, 0.717) is 6.04 Å². The summed E-state index contributed by atoms with van der Waals surface area (Å²) in [6.45, 7) is 12.5. The first-order chi connectivity index (χ1) is 7.99. The predicted octanol–water partition coefficient (Wildman–Crippen LogP) is 1.86. The highest BCUT2D eigenvalue weighted by Crippen LogP contribution is 2.20. The minimum absolute atomic E-state index is 0.127. The molecular formula is C14H30N2O. The molecule has 1 aliphatic rings. The van der Waals surface area contributed by atoms with Gasteiger partial charge in [0.15, 0.2) is 0 Å². The van der Waals surface area contributed by atoms with Gasteiger partial charge in [0.1, 0.15) is 0 Å². The van der Waals surface area contributed by atoms with Crippen LogP contribution in [0.2, 0.25) is 0 Å². The van der Waals surface area contributed by atoms with Crippen molar-refractivity contribution in [3.05, 3.63) is 0 Å². The van der Waals surface area contributed by atoms with E-state index >= 15 is 0 Å². The largest absolute Gasteiger partial charge is 0.394 e. The van der Waals surface area contributed by atoms with E-state index in [1.807, 2.05) is 0 Å². The van der Waals surface area contributed by atoms with Gasteiger partial charge in [-0.25, -0.2) is 0 Å². The number of aliphatic hydroxyl groups excluding tert-OH is 1. The van der Waals surface area contributed by atoms with Gasteiger partial charge < -0.3 is 15.3 Å². The maximum atomic E-state index is 9.53. The van der Waals surface area contributed by atoms with E-state index in [4.69, 9.17) is 0 Å². The van der Waals surface area contributed by atoms with Crippen molar-refractivity contribution in [3.8, 4) is 0 Å². The smallest absolute Gasteiger partial charge is 0.0611 e. The van der Waals surface area contributed by atoms with Gasteiger partial charge in [0.2, 0.25) is 0 Å². The van der Waals surface area contributed by atoms with Crippen LogP contribution in [0.1, 0.15) is 47.0 Å². The minimum Gasteiger partial charge on any atom is -0.394 e. The maximum absolute atomic E-state index is 9.53. The van der Waals surface area contributed by atoms with Crippen LogP contribution in [0.3, 0.4) is 0 Å². The fraction of sp³-hybridized carbons (Fsp3) is 1.00. The second kappa shape index (κ2) is 6.72. The number of nitrogens with zero attached hydrogens (tertiary/aromatic N) is 1. The van der Waals surface area contributed by atoms with Gasteiger partial charge in [0.05, 0.1) is 6.61 Å². The summed E-state index contributed by atoms with van der Waals surface area (Å²) in [5, 5.41) is 13.0. The lowest BCUT2D eigenvalue weighted by molar-refractivity contribution is 0.142. The van der Waals surface area contributed by atoms with Gasteiger partial charge in [-0.2, -0.15) is 0 Å². The van der Waals surface area contributed by atoms with Crippen molar-refractivity contribution < 1.29 is 5.11 Å². The van der Waals surface area contributed by atoms with Gasteiger partial charge in [-0.15, -0.1) is 0 Å². The third kappa shape index (κ3) is 4.94. The van der Waals surface area contributed by atoms with Gasteiger partial charge in [-0.1, -0.05) is 27.2 Å². The lowest BCUT2D eigenvalue weighted by Crippen LogP contribution is -2.50. The zero-order valence-electron chi connectivity index (χ0n) is 12.0. The normalized spacial score (nSPS) is 25.4. The van der Waals surface area contributed by atoms with Gasteiger partial charge in [-0.05, 0) is 38.8 Å². The molecule has 0 amide bonds. The SMILES string of the molecule is CCC1CCN(CCC(C)(CO)NC(C)C)C1. The van der Waals surface area contributed by atoms with Crippen molar-refractivity contribution >= 4 is 0 Å². The van der Waals surface area contributed by atoms with Crippen LogP contribution in [0.25, 0.3) is 0 Å². The zero-order valence-corrected chi connectivity index (χ0v) is 12.0. The summed E-state index contributed by atoms with van der Waals surface area (Å²) in [5.41, 5.74) is -0.127. The third-order valence-electron chi connectivity index (χ3n) is 3.91. The first kappa shape index (κ1) is 14.9. The van der Waals surface area contributed by atoms with Crippen molar-refractivity contribution in [2.45, 2.75) is 58.5 Å². The number of likely N-dealkylation sites (tertiary alicyclic amines) is 1. The molecular weight excluding hydrogens is 212 g/mol. The van der Waals surface area contributed by atoms with Gasteiger partial charge in [0.25, 0.3) is 0 Å². The number of hydrogen-bond acceptors (Lipinski definition) is 3. The van der Waals surface area contributed by atoms with Crippen LogP contribution >= 0.6 is 0 Å². The second-order valence-corrected chi connectivity index (χ2v) is 6.13. The monoisotopic (exact) mass is 242 g/mol. The van der Waals surface area contributed by atoms with E-state index in [2.05, 4.69) is 37.9 Å². The van der Waals surface area contributed by atoms with E-state index in [9.17, 15) is 5.11 Å². The van der Waals surface area contributed by atoms with E-state index in [0.717, 1.165) is 18.9 Å². The average molecular weight is 242 g/mol. The Morgan fingerprint density at radius 1 is 1.47 bits per heavy atom. The second-order valence-electron chi connectivity index (χ2n) is 6.13. The average Bonchev–Trinajstić information content (AvgIpc) is 2.73. The lowest BCUT2D eigenvalue weighted by Gasteiger charge is -2.32. The Bertz CT molecular complexity index is 220. The van der Waals surface area contributed by atoms with Crippen LogP contribution in [0.15, 0.2) is 0 Å². The standard InChI is InChI=1S/C14H30N2O/c1-5-13-6-8-16(10-13)9-7-14(4,11-17)15-12(2)3/h12-13,15,17H,5-11H2,1-4H3. The van der Waals surface area contributed by atoms with Crippen LogP contribution in [0.4, 0.5) is 0 Å². The Hall–Kier alpha value is -0.120. The summed E-state index contributed by atoms with van der Waals surface area (Å²) >= 11 is 0. The fourth-order valence-corrected chi connectivity index (χ4v) is 2.75. The van der Waals surface area contributed by atoms with E-state index in [1.165, 1.54) is 25.9 Å². The Kier molecular flexibility index (Phi) is 5.90. The molecule has 0 saturated carbocycles. The summed E-state index contributed by atoms with van der Waals surface area (Å²) < 4.78 is 0. The molecule has 102 valence electrons. The number of aliphatic hydroxyl groups is 1. The number of hydrogen-bond donors (Lipinski definition) is 2. The van der Waals surface area contributed by atoms with Crippen molar-refractivity contribution in [1.82, 2.24) is 10.2 Å². The first-order valence-electron chi connectivity index (χ1n) is 7.10. The van der Waals surface area contributed by atoms with Gasteiger partial charge >= 0.3 is 0 Å². The topological polar surface area (TPSA) is 35.5 Å². The predicted molar refractivity (Wildman–Crippen MR) is 73.2 cm³/mol. The first-order valence-corrected chi connectivity index (χ1v) is 7.10. The molecule has 0 aromatic carbocycles. The summed E-state index contributed by atoms with van der Waals surface area (Å²) in [5.74, 6) is 0.897. The number of rotatable bonds is 7. The zero-order chi connectivity index (χ0) is 12.9. The van der Waals surface area contributed by atoms with Crippen LogP contribution in [0.5, 0.6) is 0 Å². The molecule has 0 spiro atoms. The quantitative estimate of drug-likeness (QED) is 0.715. The highest BCUT2D eigenvalue weighted by Gasteiger charge is 2.27. The van der Waals surface area contributed by atoms with Crippen molar-refractivity contribution in [2.75, 3.05) is 26.2 Å². The summed E-state index contributed by atoms with van der Waals surface area (Å²) in [7, 11) is 0. The summed E-state index contributed by atoms with van der Waals surface area (Å²) in [6, 6.07) is 0.425. The molecule has 0 aromatic heterocycles. The molecule has 2 unspecified atom stereocenters. The molecule has 3 heteroatoms. The van der Waals surface area contributed by atoms with Gasteiger partial charge in [-0.3, -0.25) is 0 Å².